The number of hydrogen-bond acceptors (Lipinski definition) is 3. The maximum Gasteiger partial charge on any atom is 0.260 e. The number of likely N-dealkylation sites (tertiary alicyclic amines) is 1. The Morgan fingerprint density at radius 3 is 2.22 bits per heavy atom. The molecule has 1 saturated carbocycles. The number of hydrogen-bond donors (Lipinski definition) is 1. The normalized spacial score (nSPS) is 19.8. The molecule has 27 heavy (non-hydrogen) atoms. The van der Waals surface area contributed by atoms with Gasteiger partial charge < -0.3 is 15.0 Å². The first-order valence-corrected chi connectivity index (χ1v) is 10.5. The second-order valence-corrected chi connectivity index (χ2v) is 7.81. The maximum absolute atomic E-state index is 12.6. The van der Waals surface area contributed by atoms with Crippen molar-refractivity contribution in [3.8, 4) is 5.75 Å². The summed E-state index contributed by atoms with van der Waals surface area (Å²) in [5.41, 5.74) is 0. The number of nitrogens with zero attached hydrogens (tertiary/aromatic N) is 1. The zero-order chi connectivity index (χ0) is 18.9. The quantitative estimate of drug-likeness (QED) is 0.860. The summed E-state index contributed by atoms with van der Waals surface area (Å²) in [5, 5.41) is 3.28. The monoisotopic (exact) mass is 372 g/mol. The van der Waals surface area contributed by atoms with Crippen molar-refractivity contribution in [1.29, 1.82) is 0 Å². The molecule has 5 heteroatoms. The van der Waals surface area contributed by atoms with Crippen LogP contribution in [0.4, 0.5) is 0 Å². The molecule has 148 valence electrons. The Kier molecular flexibility index (Phi) is 7.55. The first-order chi connectivity index (χ1) is 13.2. The van der Waals surface area contributed by atoms with Crippen LogP contribution >= 0.6 is 0 Å². The SMILES string of the molecule is O=C(NC1CCCCCCC1)C1CCN(C(=O)COc2ccccc2)CC1. The van der Waals surface area contributed by atoms with Crippen molar-refractivity contribution in [3.63, 3.8) is 0 Å². The van der Waals surface area contributed by atoms with Crippen LogP contribution in [0, 0.1) is 5.92 Å². The van der Waals surface area contributed by atoms with Gasteiger partial charge in [-0.15, -0.1) is 0 Å². The van der Waals surface area contributed by atoms with Crippen LogP contribution in [0.5, 0.6) is 5.75 Å². The van der Waals surface area contributed by atoms with Crippen LogP contribution in [-0.4, -0.2) is 42.5 Å². The van der Waals surface area contributed by atoms with Crippen LogP contribution in [0.3, 0.4) is 0 Å². The molecule has 0 spiro atoms. The van der Waals surface area contributed by atoms with Crippen molar-refractivity contribution in [1.82, 2.24) is 10.2 Å². The Hall–Kier alpha value is -2.04. The average Bonchev–Trinajstić information content (AvgIpc) is 2.69. The molecule has 0 radical (unpaired) electrons. The van der Waals surface area contributed by atoms with Crippen molar-refractivity contribution in [2.24, 2.45) is 5.92 Å². The molecule has 1 aliphatic carbocycles. The molecule has 1 aromatic rings. The van der Waals surface area contributed by atoms with Gasteiger partial charge in [-0.1, -0.05) is 50.3 Å². The van der Waals surface area contributed by atoms with E-state index in [-0.39, 0.29) is 24.3 Å². The van der Waals surface area contributed by atoms with E-state index in [4.69, 9.17) is 4.74 Å². The second-order valence-electron chi connectivity index (χ2n) is 7.81. The van der Waals surface area contributed by atoms with E-state index in [9.17, 15) is 9.59 Å². The summed E-state index contributed by atoms with van der Waals surface area (Å²) in [7, 11) is 0. The number of amides is 2. The van der Waals surface area contributed by atoms with Gasteiger partial charge in [0.15, 0.2) is 6.61 Å². The molecule has 1 saturated heterocycles. The second kappa shape index (κ2) is 10.3. The number of rotatable bonds is 5. The summed E-state index contributed by atoms with van der Waals surface area (Å²) in [4.78, 5) is 26.8. The molecule has 1 heterocycles. The molecule has 0 aromatic heterocycles. The van der Waals surface area contributed by atoms with Gasteiger partial charge in [0.2, 0.25) is 5.91 Å². The summed E-state index contributed by atoms with van der Waals surface area (Å²) in [6.07, 6.45) is 10.1. The van der Waals surface area contributed by atoms with Crippen molar-refractivity contribution in [3.05, 3.63) is 30.3 Å². The molecule has 2 aliphatic rings. The lowest BCUT2D eigenvalue weighted by Gasteiger charge is -2.32. The van der Waals surface area contributed by atoms with Crippen LogP contribution in [0.2, 0.25) is 0 Å². The number of benzene rings is 1. The highest BCUT2D eigenvalue weighted by Crippen LogP contribution is 2.21. The van der Waals surface area contributed by atoms with E-state index < -0.39 is 0 Å². The minimum absolute atomic E-state index is 0.00210. The lowest BCUT2D eigenvalue weighted by Crippen LogP contribution is -2.46. The van der Waals surface area contributed by atoms with Gasteiger partial charge in [-0.05, 0) is 37.8 Å². The van der Waals surface area contributed by atoms with Crippen molar-refractivity contribution in [2.75, 3.05) is 19.7 Å². The van der Waals surface area contributed by atoms with Gasteiger partial charge in [-0.2, -0.15) is 0 Å². The fraction of sp³-hybridized carbons (Fsp3) is 0.636. The number of carbonyl (C=O) groups is 2. The number of carbonyl (C=O) groups excluding carboxylic acids is 2. The van der Waals surface area contributed by atoms with Crippen LogP contribution in [-0.2, 0) is 9.59 Å². The summed E-state index contributed by atoms with van der Waals surface area (Å²) >= 11 is 0. The molecule has 5 nitrogen and oxygen atoms in total. The topological polar surface area (TPSA) is 58.6 Å². The fourth-order valence-corrected chi connectivity index (χ4v) is 4.06. The van der Waals surface area contributed by atoms with Gasteiger partial charge in [-0.3, -0.25) is 9.59 Å². The van der Waals surface area contributed by atoms with Gasteiger partial charge in [-0.25, -0.2) is 0 Å². The molecular formula is C22H32N2O3. The number of nitrogens with one attached hydrogen (secondary N) is 1. The van der Waals surface area contributed by atoms with Crippen LogP contribution in [0.1, 0.15) is 57.8 Å². The number of ether oxygens (including phenoxy) is 1. The Labute approximate surface area is 162 Å². The van der Waals surface area contributed by atoms with E-state index in [1.165, 1.54) is 32.1 Å². The predicted octanol–water partition coefficient (Wildman–Crippen LogP) is 3.53. The zero-order valence-electron chi connectivity index (χ0n) is 16.2. The van der Waals surface area contributed by atoms with Crippen LogP contribution in [0.15, 0.2) is 30.3 Å². The largest absolute Gasteiger partial charge is 0.484 e. The number of piperidine rings is 1. The Morgan fingerprint density at radius 2 is 1.56 bits per heavy atom. The summed E-state index contributed by atoms with van der Waals surface area (Å²) in [6.45, 7) is 1.34. The number of para-hydroxylation sites is 1. The molecule has 1 N–H and O–H groups in total. The van der Waals surface area contributed by atoms with Crippen molar-refractivity contribution >= 4 is 11.8 Å². The van der Waals surface area contributed by atoms with Gasteiger partial charge in [0.05, 0.1) is 0 Å². The zero-order valence-corrected chi connectivity index (χ0v) is 16.2. The van der Waals surface area contributed by atoms with Gasteiger partial charge in [0, 0.05) is 25.0 Å². The summed E-state index contributed by atoms with van der Waals surface area (Å²) < 4.78 is 5.55. The Balaban J connectivity index is 1.38. The van der Waals surface area contributed by atoms with Gasteiger partial charge in [0.25, 0.3) is 5.91 Å². The molecule has 1 aliphatic heterocycles. The minimum atomic E-state index is -0.00210. The van der Waals surface area contributed by atoms with Crippen LogP contribution in [0.25, 0.3) is 0 Å². The fourth-order valence-electron chi connectivity index (χ4n) is 4.06. The Bertz CT molecular complexity index is 589. The Morgan fingerprint density at radius 1 is 0.926 bits per heavy atom. The van der Waals surface area contributed by atoms with E-state index in [0.717, 1.165) is 25.7 Å². The molecule has 2 fully saturated rings. The summed E-state index contributed by atoms with van der Waals surface area (Å²) in [6, 6.07) is 9.73. The highest BCUT2D eigenvalue weighted by atomic mass is 16.5. The average molecular weight is 373 g/mol. The third-order valence-electron chi connectivity index (χ3n) is 5.78. The van der Waals surface area contributed by atoms with E-state index in [1.54, 1.807) is 0 Å². The van der Waals surface area contributed by atoms with Crippen molar-refractivity contribution < 1.29 is 14.3 Å². The van der Waals surface area contributed by atoms with Crippen molar-refractivity contribution in [2.45, 2.75) is 63.8 Å². The standard InChI is InChI=1S/C22H32N2O3/c25-21(17-27-20-11-7-4-8-12-20)24-15-13-18(14-16-24)22(26)23-19-9-5-2-1-3-6-10-19/h4,7-8,11-12,18-19H,1-3,5-6,9-10,13-17H2,(H,23,26). The highest BCUT2D eigenvalue weighted by molar-refractivity contribution is 5.80. The third-order valence-corrected chi connectivity index (χ3v) is 5.78. The third kappa shape index (κ3) is 6.26. The molecular weight excluding hydrogens is 340 g/mol. The van der Waals surface area contributed by atoms with Crippen LogP contribution < -0.4 is 10.1 Å². The smallest absolute Gasteiger partial charge is 0.260 e. The lowest BCUT2D eigenvalue weighted by molar-refractivity contribution is -0.137. The molecule has 3 rings (SSSR count). The van der Waals surface area contributed by atoms with Gasteiger partial charge >= 0.3 is 0 Å². The van der Waals surface area contributed by atoms with E-state index in [1.807, 2.05) is 35.2 Å². The summed E-state index contributed by atoms with van der Waals surface area (Å²) in [5.74, 6) is 0.930. The minimum Gasteiger partial charge on any atom is -0.484 e. The van der Waals surface area contributed by atoms with E-state index >= 15 is 0 Å². The first kappa shape index (κ1) is 19.7. The molecule has 2 amide bonds. The highest BCUT2D eigenvalue weighted by Gasteiger charge is 2.28. The molecule has 0 bridgehead atoms. The molecule has 1 aromatic carbocycles. The van der Waals surface area contributed by atoms with Gasteiger partial charge in [0.1, 0.15) is 5.75 Å². The molecule has 0 atom stereocenters. The maximum atomic E-state index is 12.6. The molecule has 0 unspecified atom stereocenters. The van der Waals surface area contributed by atoms with E-state index in [0.29, 0.717) is 24.9 Å². The predicted molar refractivity (Wildman–Crippen MR) is 105 cm³/mol. The lowest BCUT2D eigenvalue weighted by atomic mass is 9.93. The first-order valence-electron chi connectivity index (χ1n) is 10.5. The van der Waals surface area contributed by atoms with E-state index in [2.05, 4.69) is 5.32 Å².